The highest BCUT2D eigenvalue weighted by Gasteiger charge is 2.20. The Morgan fingerprint density at radius 1 is 0.886 bits per heavy atom. The maximum absolute atomic E-state index is 13.3. The van der Waals surface area contributed by atoms with Crippen molar-refractivity contribution in [1.82, 2.24) is 10.3 Å². The summed E-state index contributed by atoms with van der Waals surface area (Å²) in [6.45, 7) is 3.07. The summed E-state index contributed by atoms with van der Waals surface area (Å²) in [7, 11) is 0. The molecule has 5 heteroatoms. The number of aromatic nitrogens is 1. The highest BCUT2D eigenvalue weighted by molar-refractivity contribution is 6.30. The van der Waals surface area contributed by atoms with Gasteiger partial charge in [0.2, 0.25) is 5.88 Å². The Morgan fingerprint density at radius 3 is 2.26 bits per heavy atom. The number of ether oxygens (including phenoxy) is 1. The highest BCUT2D eigenvalue weighted by atomic mass is 35.5. The minimum absolute atomic E-state index is 0.184. The smallest absolute Gasteiger partial charge is 0.256 e. The van der Waals surface area contributed by atoms with E-state index in [4.69, 9.17) is 21.3 Å². The van der Waals surface area contributed by atoms with E-state index in [2.05, 4.69) is 12.2 Å². The Balaban J connectivity index is 1.78. The molecule has 0 fully saturated rings. The molecule has 0 aliphatic heterocycles. The second-order valence-corrected chi connectivity index (χ2v) is 8.78. The summed E-state index contributed by atoms with van der Waals surface area (Å²) >= 11 is 6.14. The molecule has 0 spiro atoms. The maximum Gasteiger partial charge on any atom is 0.256 e. The lowest BCUT2D eigenvalue weighted by molar-refractivity contribution is 0.0947. The van der Waals surface area contributed by atoms with Gasteiger partial charge in [-0.15, -0.1) is 0 Å². The minimum atomic E-state index is -0.184. The molecule has 35 heavy (non-hydrogen) atoms. The van der Waals surface area contributed by atoms with Gasteiger partial charge in [0, 0.05) is 22.7 Å². The van der Waals surface area contributed by atoms with E-state index in [1.54, 1.807) is 0 Å². The van der Waals surface area contributed by atoms with Crippen LogP contribution < -0.4 is 10.1 Å². The first-order valence-electron chi connectivity index (χ1n) is 12.0. The number of hydrogen-bond donors (Lipinski definition) is 1. The number of rotatable bonds is 10. The normalized spacial score (nSPS) is 10.7. The van der Waals surface area contributed by atoms with Gasteiger partial charge in [-0.05, 0) is 35.7 Å². The summed E-state index contributed by atoms with van der Waals surface area (Å²) in [4.78, 5) is 18.2. The molecular weight excluding hydrogens is 456 g/mol. The van der Waals surface area contributed by atoms with Crippen LogP contribution in [0.5, 0.6) is 5.88 Å². The molecule has 0 aliphatic rings. The zero-order valence-electron chi connectivity index (χ0n) is 19.8. The van der Waals surface area contributed by atoms with Gasteiger partial charge in [0.15, 0.2) is 0 Å². The van der Waals surface area contributed by atoms with Crippen molar-refractivity contribution >= 4 is 17.5 Å². The fraction of sp³-hybridized carbons (Fsp3) is 0.200. The monoisotopic (exact) mass is 484 g/mol. The van der Waals surface area contributed by atoms with Crippen molar-refractivity contribution < 1.29 is 9.53 Å². The summed E-state index contributed by atoms with van der Waals surface area (Å²) in [6.07, 6.45) is 3.10. The van der Waals surface area contributed by atoms with Gasteiger partial charge >= 0.3 is 0 Å². The lowest BCUT2D eigenvalue weighted by Crippen LogP contribution is -2.25. The van der Waals surface area contributed by atoms with Gasteiger partial charge in [-0.25, -0.2) is 4.98 Å². The van der Waals surface area contributed by atoms with Gasteiger partial charge in [-0.2, -0.15) is 0 Å². The molecular formula is C30H29ClN2O2. The van der Waals surface area contributed by atoms with Crippen LogP contribution in [0.15, 0.2) is 91.0 Å². The molecule has 0 radical (unpaired) electrons. The molecule has 1 aromatic heterocycles. The molecule has 4 aromatic rings. The van der Waals surface area contributed by atoms with E-state index in [9.17, 15) is 4.79 Å². The predicted octanol–water partition coefficient (Wildman–Crippen LogP) is 7.57. The van der Waals surface area contributed by atoms with Crippen LogP contribution in [0.4, 0.5) is 0 Å². The van der Waals surface area contributed by atoms with Crippen molar-refractivity contribution in [2.75, 3.05) is 6.54 Å². The van der Waals surface area contributed by atoms with Crippen molar-refractivity contribution in [1.29, 1.82) is 0 Å². The Hall–Kier alpha value is -3.63. The first kappa shape index (κ1) is 24.5. The van der Waals surface area contributed by atoms with Crippen molar-refractivity contribution in [3.63, 3.8) is 0 Å². The molecule has 1 amide bonds. The third kappa shape index (κ3) is 6.49. The average Bonchev–Trinajstić information content (AvgIpc) is 2.91. The van der Waals surface area contributed by atoms with E-state index >= 15 is 0 Å². The fourth-order valence-electron chi connectivity index (χ4n) is 3.83. The fourth-order valence-corrected chi connectivity index (χ4v) is 3.96. The number of nitrogens with one attached hydrogen (secondary N) is 1. The molecule has 0 saturated heterocycles. The number of hydrogen-bond acceptors (Lipinski definition) is 3. The highest BCUT2D eigenvalue weighted by Crippen LogP contribution is 2.35. The predicted molar refractivity (Wildman–Crippen MR) is 143 cm³/mol. The van der Waals surface area contributed by atoms with Crippen LogP contribution in [0.1, 0.15) is 42.1 Å². The van der Waals surface area contributed by atoms with Crippen molar-refractivity contribution in [2.45, 2.75) is 32.8 Å². The Kier molecular flexibility index (Phi) is 8.53. The molecule has 0 saturated carbocycles. The summed E-state index contributed by atoms with van der Waals surface area (Å²) in [5.74, 6) is 0.128. The number of amides is 1. The number of halogens is 1. The number of benzene rings is 3. The summed E-state index contributed by atoms with van der Waals surface area (Å²) in [6, 6.07) is 29.3. The lowest BCUT2D eigenvalue weighted by Gasteiger charge is -2.17. The standard InChI is InChI=1S/C30H29ClN2O2/c1-2-3-10-19-32-29(34)27-20-26(23-13-8-5-9-14-23)28(24-15-17-25(31)18-16-24)33-30(27)35-21-22-11-6-4-7-12-22/h4-9,11-18,20H,2-3,10,19,21H2,1H3,(H,32,34). The van der Waals surface area contributed by atoms with Crippen LogP contribution in [0.2, 0.25) is 5.02 Å². The van der Waals surface area contributed by atoms with E-state index in [1.807, 2.05) is 91.0 Å². The topological polar surface area (TPSA) is 51.2 Å². The third-order valence-corrected chi connectivity index (χ3v) is 5.97. The van der Waals surface area contributed by atoms with Crippen LogP contribution in [0, 0.1) is 0 Å². The van der Waals surface area contributed by atoms with E-state index < -0.39 is 0 Å². The van der Waals surface area contributed by atoms with E-state index in [-0.39, 0.29) is 5.91 Å². The SMILES string of the molecule is CCCCCNC(=O)c1cc(-c2ccccc2)c(-c2ccc(Cl)cc2)nc1OCc1ccccc1. The summed E-state index contributed by atoms with van der Waals surface area (Å²) in [5.41, 5.74) is 4.89. The minimum Gasteiger partial charge on any atom is -0.472 e. The van der Waals surface area contributed by atoms with Crippen LogP contribution in [0.25, 0.3) is 22.4 Å². The number of carbonyl (C=O) groups excluding carboxylic acids is 1. The van der Waals surface area contributed by atoms with Crippen molar-refractivity contribution in [3.05, 3.63) is 107 Å². The third-order valence-electron chi connectivity index (χ3n) is 5.72. The molecule has 1 N–H and O–H groups in total. The Labute approximate surface area is 212 Å². The van der Waals surface area contributed by atoms with Gasteiger partial charge in [0.25, 0.3) is 5.91 Å². The second-order valence-electron chi connectivity index (χ2n) is 8.35. The number of carbonyl (C=O) groups is 1. The summed E-state index contributed by atoms with van der Waals surface area (Å²) < 4.78 is 6.15. The molecule has 178 valence electrons. The van der Waals surface area contributed by atoms with Crippen LogP contribution in [-0.2, 0) is 6.61 Å². The molecule has 4 rings (SSSR count). The molecule has 0 bridgehead atoms. The maximum atomic E-state index is 13.3. The molecule has 0 atom stereocenters. The Morgan fingerprint density at radius 2 is 1.57 bits per heavy atom. The largest absolute Gasteiger partial charge is 0.472 e. The first-order valence-corrected chi connectivity index (χ1v) is 12.3. The molecule has 4 nitrogen and oxygen atoms in total. The number of unbranched alkanes of at least 4 members (excludes halogenated alkanes) is 2. The van der Waals surface area contributed by atoms with Crippen LogP contribution in [0.3, 0.4) is 0 Å². The van der Waals surface area contributed by atoms with Gasteiger partial charge in [0.1, 0.15) is 12.2 Å². The lowest BCUT2D eigenvalue weighted by atomic mass is 9.97. The van der Waals surface area contributed by atoms with Gasteiger partial charge in [-0.3, -0.25) is 4.79 Å². The second kappa shape index (κ2) is 12.2. The zero-order chi connectivity index (χ0) is 24.5. The van der Waals surface area contributed by atoms with Crippen LogP contribution in [-0.4, -0.2) is 17.4 Å². The number of pyridine rings is 1. The molecule has 1 heterocycles. The van der Waals surface area contributed by atoms with E-state index in [0.717, 1.165) is 47.2 Å². The van der Waals surface area contributed by atoms with E-state index in [0.29, 0.717) is 29.6 Å². The first-order chi connectivity index (χ1) is 17.2. The summed E-state index contributed by atoms with van der Waals surface area (Å²) in [5, 5.41) is 3.69. The molecule has 0 aliphatic carbocycles. The van der Waals surface area contributed by atoms with Crippen molar-refractivity contribution in [2.24, 2.45) is 0 Å². The molecule has 3 aromatic carbocycles. The zero-order valence-corrected chi connectivity index (χ0v) is 20.6. The van der Waals surface area contributed by atoms with Crippen LogP contribution >= 0.6 is 11.6 Å². The van der Waals surface area contributed by atoms with Gasteiger partial charge in [-0.1, -0.05) is 104 Å². The van der Waals surface area contributed by atoms with Gasteiger partial charge < -0.3 is 10.1 Å². The number of nitrogens with zero attached hydrogens (tertiary/aromatic N) is 1. The quantitative estimate of drug-likeness (QED) is 0.236. The van der Waals surface area contributed by atoms with E-state index in [1.165, 1.54) is 0 Å². The average molecular weight is 485 g/mol. The molecule has 0 unspecified atom stereocenters. The van der Waals surface area contributed by atoms with Gasteiger partial charge in [0.05, 0.1) is 5.69 Å². The Bertz CT molecular complexity index is 1240. The van der Waals surface area contributed by atoms with Crippen molar-refractivity contribution in [3.8, 4) is 28.3 Å².